The Bertz CT molecular complexity index is 1480. The van der Waals surface area contributed by atoms with Gasteiger partial charge in [-0.2, -0.15) is 9.61 Å². The van der Waals surface area contributed by atoms with E-state index in [-0.39, 0.29) is 29.1 Å². The number of ketones is 1. The largest absolute Gasteiger partial charge is 0.486 e. The van der Waals surface area contributed by atoms with Gasteiger partial charge < -0.3 is 14.2 Å². The number of aryl methyl sites for hydroxylation is 1. The Hall–Kier alpha value is -4.05. The first-order chi connectivity index (χ1) is 16.5. The molecule has 0 atom stereocenters. The summed E-state index contributed by atoms with van der Waals surface area (Å²) in [7, 11) is 0. The molecule has 5 rings (SSSR count). The van der Waals surface area contributed by atoms with E-state index in [1.54, 1.807) is 36.4 Å². The fourth-order valence-electron chi connectivity index (χ4n) is 3.53. The van der Waals surface area contributed by atoms with E-state index < -0.39 is 5.97 Å². The van der Waals surface area contributed by atoms with Crippen LogP contribution in [0.25, 0.3) is 4.96 Å². The van der Waals surface area contributed by atoms with E-state index in [0.717, 1.165) is 5.01 Å². The van der Waals surface area contributed by atoms with Crippen LogP contribution in [-0.4, -0.2) is 39.6 Å². The number of benzene rings is 2. The summed E-state index contributed by atoms with van der Waals surface area (Å²) < 4.78 is 17.7. The van der Waals surface area contributed by atoms with Gasteiger partial charge in [0.25, 0.3) is 5.56 Å². The zero-order valence-corrected chi connectivity index (χ0v) is 19.0. The molecular formula is C24H19N3O6S. The number of rotatable bonds is 6. The predicted molar refractivity (Wildman–Crippen MR) is 123 cm³/mol. The Morgan fingerprint density at radius 1 is 1.06 bits per heavy atom. The molecule has 2 aromatic heterocycles. The molecule has 0 N–H and O–H groups in total. The normalized spacial score (nSPS) is 12.5. The molecule has 9 nitrogen and oxygen atoms in total. The number of ether oxygens (including phenoxy) is 3. The quantitative estimate of drug-likeness (QED) is 0.308. The van der Waals surface area contributed by atoms with Crippen molar-refractivity contribution >= 4 is 28.1 Å². The van der Waals surface area contributed by atoms with Crippen LogP contribution in [0.15, 0.2) is 53.3 Å². The first-order valence-corrected chi connectivity index (χ1v) is 11.4. The van der Waals surface area contributed by atoms with Crippen LogP contribution in [0.2, 0.25) is 0 Å². The highest BCUT2D eigenvalue weighted by Crippen LogP contribution is 2.31. The van der Waals surface area contributed by atoms with Gasteiger partial charge >= 0.3 is 5.97 Å². The van der Waals surface area contributed by atoms with Gasteiger partial charge in [0.1, 0.15) is 24.8 Å². The highest BCUT2D eigenvalue weighted by molar-refractivity contribution is 7.16. The molecule has 1 aliphatic heterocycles. The summed E-state index contributed by atoms with van der Waals surface area (Å²) in [4.78, 5) is 43.2. The molecule has 3 heterocycles. The monoisotopic (exact) mass is 477 g/mol. The van der Waals surface area contributed by atoms with Crippen LogP contribution < -0.4 is 15.0 Å². The van der Waals surface area contributed by atoms with E-state index in [9.17, 15) is 14.4 Å². The molecule has 0 fully saturated rings. The van der Waals surface area contributed by atoms with Gasteiger partial charge in [-0.25, -0.2) is 9.78 Å². The van der Waals surface area contributed by atoms with Crippen molar-refractivity contribution in [2.45, 2.75) is 20.0 Å². The minimum Gasteiger partial charge on any atom is -0.486 e. The molecule has 0 aliphatic carbocycles. The summed E-state index contributed by atoms with van der Waals surface area (Å²) in [6.07, 6.45) is 0.686. The number of fused-ring (bicyclic) bond motifs is 2. The van der Waals surface area contributed by atoms with E-state index >= 15 is 0 Å². The van der Waals surface area contributed by atoms with E-state index in [0.29, 0.717) is 47.4 Å². The Morgan fingerprint density at radius 3 is 2.62 bits per heavy atom. The fourth-order valence-corrected chi connectivity index (χ4v) is 4.39. The third kappa shape index (κ3) is 4.15. The molecule has 0 bridgehead atoms. The Balaban J connectivity index is 1.37. The second-order valence-corrected chi connectivity index (χ2v) is 8.48. The van der Waals surface area contributed by atoms with Crippen molar-refractivity contribution in [3.63, 3.8) is 0 Å². The summed E-state index contributed by atoms with van der Waals surface area (Å²) in [6.45, 7) is 2.58. The Kier molecular flexibility index (Phi) is 5.81. The van der Waals surface area contributed by atoms with Gasteiger partial charge in [0.05, 0.1) is 11.3 Å². The average Bonchev–Trinajstić information content (AvgIpc) is 3.30. The van der Waals surface area contributed by atoms with Crippen LogP contribution in [0.3, 0.4) is 0 Å². The number of hydrogen-bond donors (Lipinski definition) is 0. The van der Waals surface area contributed by atoms with E-state index in [1.165, 1.54) is 28.0 Å². The van der Waals surface area contributed by atoms with Crippen molar-refractivity contribution in [2.75, 3.05) is 13.2 Å². The van der Waals surface area contributed by atoms with Crippen LogP contribution in [-0.2, 0) is 17.8 Å². The minimum absolute atomic E-state index is 0.117. The molecule has 0 saturated heterocycles. The first-order valence-electron chi connectivity index (χ1n) is 10.6. The maximum Gasteiger partial charge on any atom is 0.339 e. The fraction of sp³-hybridized carbons (Fsp3) is 0.208. The van der Waals surface area contributed by atoms with E-state index in [2.05, 4.69) is 10.1 Å². The zero-order valence-electron chi connectivity index (χ0n) is 18.1. The summed E-state index contributed by atoms with van der Waals surface area (Å²) in [5.41, 5.74) is 0.636. The van der Waals surface area contributed by atoms with Crippen LogP contribution in [0.5, 0.6) is 11.5 Å². The van der Waals surface area contributed by atoms with Gasteiger partial charge in [-0.1, -0.05) is 36.5 Å². The average molecular weight is 477 g/mol. The van der Waals surface area contributed by atoms with Gasteiger partial charge in [0.2, 0.25) is 4.96 Å². The third-order valence-electron chi connectivity index (χ3n) is 5.19. The van der Waals surface area contributed by atoms with Crippen LogP contribution >= 0.6 is 11.3 Å². The van der Waals surface area contributed by atoms with Crippen LogP contribution in [0.1, 0.15) is 43.9 Å². The number of carbonyl (C=O) groups excluding carboxylic acids is 2. The van der Waals surface area contributed by atoms with Crippen molar-refractivity contribution in [1.82, 2.24) is 14.6 Å². The molecule has 2 aromatic carbocycles. The van der Waals surface area contributed by atoms with E-state index in [4.69, 9.17) is 14.2 Å². The van der Waals surface area contributed by atoms with Crippen LogP contribution in [0, 0.1) is 0 Å². The minimum atomic E-state index is -0.693. The lowest BCUT2D eigenvalue weighted by molar-refractivity contribution is 0.0465. The zero-order chi connectivity index (χ0) is 23.7. The molecule has 4 aromatic rings. The van der Waals surface area contributed by atoms with Gasteiger partial charge in [0, 0.05) is 17.2 Å². The Morgan fingerprint density at radius 2 is 1.82 bits per heavy atom. The van der Waals surface area contributed by atoms with Crippen LogP contribution in [0.4, 0.5) is 0 Å². The van der Waals surface area contributed by atoms with Gasteiger partial charge in [-0.05, 0) is 30.7 Å². The molecular weight excluding hydrogens is 458 g/mol. The lowest BCUT2D eigenvalue weighted by atomic mass is 9.98. The van der Waals surface area contributed by atoms with Crippen molar-refractivity contribution in [2.24, 2.45) is 0 Å². The highest BCUT2D eigenvalue weighted by Gasteiger charge is 2.22. The number of aromatic nitrogens is 3. The lowest BCUT2D eigenvalue weighted by Crippen LogP contribution is -2.18. The molecule has 10 heteroatoms. The molecule has 172 valence electrons. The van der Waals surface area contributed by atoms with Crippen molar-refractivity contribution in [3.05, 3.63) is 86.3 Å². The molecule has 0 amide bonds. The van der Waals surface area contributed by atoms with Gasteiger partial charge in [-0.3, -0.25) is 9.59 Å². The molecule has 34 heavy (non-hydrogen) atoms. The topological polar surface area (TPSA) is 109 Å². The molecule has 0 spiro atoms. The van der Waals surface area contributed by atoms with Crippen molar-refractivity contribution in [1.29, 1.82) is 0 Å². The molecule has 1 aliphatic rings. The summed E-state index contributed by atoms with van der Waals surface area (Å²) >= 11 is 1.31. The highest BCUT2D eigenvalue weighted by atomic mass is 32.1. The number of esters is 1. The molecule has 0 radical (unpaired) electrons. The molecule has 0 saturated carbocycles. The summed E-state index contributed by atoms with van der Waals surface area (Å²) in [5.74, 6) is 0.0168. The number of hydrogen-bond acceptors (Lipinski definition) is 9. The standard InChI is InChI=1S/C24H19N3O6S/c1-2-20-26-27-21(28)12-15(25-24(27)34-20)13-33-23(30)17-6-4-3-5-16(17)22(29)14-7-8-18-19(11-14)32-10-9-31-18/h3-8,11-12H,2,9-10,13H2,1H3. The third-order valence-corrected chi connectivity index (χ3v) is 6.24. The maximum absolute atomic E-state index is 13.2. The first kappa shape index (κ1) is 21.8. The summed E-state index contributed by atoms with van der Waals surface area (Å²) in [6, 6.07) is 12.6. The van der Waals surface area contributed by atoms with Crippen molar-refractivity contribution < 1.29 is 23.8 Å². The number of carbonyl (C=O) groups is 2. The van der Waals surface area contributed by atoms with E-state index in [1.807, 2.05) is 6.92 Å². The summed E-state index contributed by atoms with van der Waals surface area (Å²) in [5, 5.41) is 4.98. The second-order valence-electron chi connectivity index (χ2n) is 7.44. The lowest BCUT2D eigenvalue weighted by Gasteiger charge is -2.18. The Labute approximate surface area is 197 Å². The smallest absolute Gasteiger partial charge is 0.339 e. The SMILES string of the molecule is CCc1nn2c(=O)cc(COC(=O)c3ccccc3C(=O)c3ccc4c(c3)OCCO4)nc2s1. The van der Waals surface area contributed by atoms with Gasteiger partial charge in [0.15, 0.2) is 17.3 Å². The predicted octanol–water partition coefficient (Wildman–Crippen LogP) is 3.07. The maximum atomic E-state index is 13.2. The molecule has 0 unspecified atom stereocenters. The second kappa shape index (κ2) is 9.06. The van der Waals surface area contributed by atoms with Crippen molar-refractivity contribution in [3.8, 4) is 11.5 Å². The number of nitrogens with zero attached hydrogens (tertiary/aromatic N) is 3. The van der Waals surface area contributed by atoms with Gasteiger partial charge in [-0.15, -0.1) is 0 Å².